The van der Waals surface area contributed by atoms with E-state index in [0.717, 1.165) is 96.3 Å². The molecule has 0 aliphatic heterocycles. The van der Waals surface area contributed by atoms with E-state index in [-0.39, 0.29) is 31.3 Å². The highest BCUT2D eigenvalue weighted by Crippen LogP contribution is 2.38. The zero-order valence-electron chi connectivity index (χ0n) is 43.6. The number of amides is 1. The van der Waals surface area contributed by atoms with Gasteiger partial charge in [0.25, 0.3) is 7.82 Å². The number of unbranched alkanes of at least 4 members (excludes halogenated alkanes) is 24. The number of phosphoric ester groups is 1. The number of hydrogen-bond donors (Lipinski definition) is 1. The van der Waals surface area contributed by atoms with Gasteiger partial charge in [-0.05, 0) is 89.5 Å². The van der Waals surface area contributed by atoms with Crippen LogP contribution in [0.2, 0.25) is 0 Å². The van der Waals surface area contributed by atoms with Crippen LogP contribution in [0.1, 0.15) is 233 Å². The van der Waals surface area contributed by atoms with Gasteiger partial charge >= 0.3 is 5.97 Å². The second kappa shape index (κ2) is 46.4. The summed E-state index contributed by atoms with van der Waals surface area (Å²) in [7, 11) is 1.16. The molecule has 0 spiro atoms. The molecule has 0 bridgehead atoms. The zero-order chi connectivity index (χ0) is 48.7. The predicted octanol–water partition coefficient (Wildman–Crippen LogP) is 15.3. The molecule has 0 saturated carbocycles. The van der Waals surface area contributed by atoms with E-state index in [0.29, 0.717) is 23.9 Å². The van der Waals surface area contributed by atoms with Crippen LogP contribution >= 0.6 is 7.82 Å². The Labute approximate surface area is 407 Å². The van der Waals surface area contributed by atoms with E-state index in [1.165, 1.54) is 89.9 Å². The fraction of sp³-hybridized carbons (Fsp3) is 0.786. The number of ether oxygens (including phenoxy) is 1. The van der Waals surface area contributed by atoms with Crippen molar-refractivity contribution >= 4 is 19.7 Å². The standard InChI is InChI=1S/C56H103N2O7P/c1-7-10-13-16-19-22-25-27-28-29-30-31-34-36-39-42-45-48-55(59)57-53(52-64-66(61,62)63-51-50-58(4,5)6)54(47-44-41-38-35-33-26-23-20-17-14-11-8-2)65-56(60)49-46-43-40-37-32-24-21-18-15-12-9-3/h18-19,21-22,27-28,30-31,44,47,53-54H,7-17,20,23-26,29,32-43,45-46,48-52H2,1-6H3,(H-,57,59,61,62)/b21-18-,22-19-,28-27-,31-30-,47-44-. The van der Waals surface area contributed by atoms with Gasteiger partial charge in [-0.3, -0.25) is 14.2 Å². The lowest BCUT2D eigenvalue weighted by molar-refractivity contribution is -0.870. The maximum Gasteiger partial charge on any atom is 0.306 e. The second-order valence-corrected chi connectivity index (χ2v) is 20.8. The molecule has 3 atom stereocenters. The van der Waals surface area contributed by atoms with E-state index in [1.54, 1.807) is 0 Å². The smallest absolute Gasteiger partial charge is 0.306 e. The van der Waals surface area contributed by atoms with Crippen LogP contribution in [0.15, 0.2) is 60.8 Å². The molecule has 0 heterocycles. The Morgan fingerprint density at radius 3 is 1.47 bits per heavy atom. The summed E-state index contributed by atoms with van der Waals surface area (Å²) in [6.45, 7) is 6.73. The number of carbonyl (C=O) groups is 2. The van der Waals surface area contributed by atoms with Crippen molar-refractivity contribution in [3.63, 3.8) is 0 Å². The summed E-state index contributed by atoms with van der Waals surface area (Å²) in [5.74, 6) is -0.580. The fourth-order valence-corrected chi connectivity index (χ4v) is 8.11. The van der Waals surface area contributed by atoms with Crippen LogP contribution in [0.5, 0.6) is 0 Å². The largest absolute Gasteiger partial charge is 0.756 e. The maximum atomic E-state index is 13.4. The van der Waals surface area contributed by atoms with Crippen molar-refractivity contribution in [1.82, 2.24) is 5.32 Å². The molecule has 9 nitrogen and oxygen atoms in total. The maximum absolute atomic E-state index is 13.4. The molecule has 1 amide bonds. The molecule has 0 radical (unpaired) electrons. The Kier molecular flexibility index (Phi) is 44.8. The first-order valence-electron chi connectivity index (χ1n) is 27.1. The number of quaternary nitrogens is 1. The minimum Gasteiger partial charge on any atom is -0.756 e. The lowest BCUT2D eigenvalue weighted by atomic mass is 10.0. The van der Waals surface area contributed by atoms with Gasteiger partial charge in [-0.1, -0.05) is 191 Å². The van der Waals surface area contributed by atoms with Crippen molar-refractivity contribution in [1.29, 1.82) is 0 Å². The normalized spacial score (nSPS) is 14.3. The highest BCUT2D eigenvalue weighted by atomic mass is 31.2. The molecule has 0 aromatic carbocycles. The molecule has 0 aliphatic rings. The first-order valence-corrected chi connectivity index (χ1v) is 28.6. The molecule has 1 N–H and O–H groups in total. The molecule has 66 heavy (non-hydrogen) atoms. The molecule has 0 rings (SSSR count). The lowest BCUT2D eigenvalue weighted by Gasteiger charge is -2.30. The highest BCUT2D eigenvalue weighted by Gasteiger charge is 2.27. The van der Waals surface area contributed by atoms with Crippen molar-refractivity contribution in [2.24, 2.45) is 0 Å². The van der Waals surface area contributed by atoms with Gasteiger partial charge in [0.05, 0.1) is 33.8 Å². The van der Waals surface area contributed by atoms with Crippen LogP contribution in [0.25, 0.3) is 0 Å². The van der Waals surface area contributed by atoms with Gasteiger partial charge in [0.15, 0.2) is 0 Å². The third-order valence-electron chi connectivity index (χ3n) is 11.7. The fourth-order valence-electron chi connectivity index (χ4n) is 7.39. The zero-order valence-corrected chi connectivity index (χ0v) is 44.5. The molecule has 10 heteroatoms. The van der Waals surface area contributed by atoms with E-state index >= 15 is 0 Å². The molecule has 0 aliphatic carbocycles. The molecule has 0 aromatic heterocycles. The number of nitrogens with zero attached hydrogens (tertiary/aromatic N) is 1. The van der Waals surface area contributed by atoms with Crippen LogP contribution in [-0.4, -0.2) is 69.4 Å². The average molecular weight is 947 g/mol. The molecule has 3 unspecified atom stereocenters. The number of likely N-dealkylation sites (N-methyl/N-ethyl adjacent to an activating group) is 1. The van der Waals surface area contributed by atoms with Crippen molar-refractivity contribution < 1.29 is 37.3 Å². The highest BCUT2D eigenvalue weighted by molar-refractivity contribution is 7.45. The Bertz CT molecular complexity index is 1320. The number of nitrogens with one attached hydrogen (secondary N) is 1. The Balaban J connectivity index is 5.43. The molecule has 0 saturated heterocycles. The average Bonchev–Trinajstić information content (AvgIpc) is 3.27. The number of esters is 1. The molecule has 384 valence electrons. The number of hydrogen-bond acceptors (Lipinski definition) is 7. The van der Waals surface area contributed by atoms with E-state index in [1.807, 2.05) is 33.3 Å². The lowest BCUT2D eigenvalue weighted by Crippen LogP contribution is -2.47. The third kappa shape index (κ3) is 46.8. The topological polar surface area (TPSA) is 114 Å². The van der Waals surface area contributed by atoms with Crippen molar-refractivity contribution in [2.45, 2.75) is 245 Å². The van der Waals surface area contributed by atoms with Gasteiger partial charge in [0.2, 0.25) is 5.91 Å². The van der Waals surface area contributed by atoms with Crippen molar-refractivity contribution in [3.05, 3.63) is 60.8 Å². The number of phosphoric acid groups is 1. The van der Waals surface area contributed by atoms with Crippen LogP contribution in [0.4, 0.5) is 0 Å². The molecule has 0 fully saturated rings. The Morgan fingerprint density at radius 2 is 0.939 bits per heavy atom. The van der Waals surface area contributed by atoms with Crippen LogP contribution in [0.3, 0.4) is 0 Å². The summed E-state index contributed by atoms with van der Waals surface area (Å²) >= 11 is 0. The summed E-state index contributed by atoms with van der Waals surface area (Å²) in [5.41, 5.74) is 0. The summed E-state index contributed by atoms with van der Waals surface area (Å²) in [6.07, 6.45) is 56.1. The van der Waals surface area contributed by atoms with Gasteiger partial charge in [-0.15, -0.1) is 0 Å². The van der Waals surface area contributed by atoms with Crippen LogP contribution in [0, 0.1) is 0 Å². The SMILES string of the molecule is CCCC/C=C\CCCCCCCC(=O)OC(/C=C\CCCCCCCCCCCC)C(COP(=O)([O-])OCC[N+](C)(C)C)NC(=O)CCCCCC/C=C\C/C=C\C/C=C\CCCCC. The van der Waals surface area contributed by atoms with E-state index in [9.17, 15) is 19.0 Å². The summed E-state index contributed by atoms with van der Waals surface area (Å²) in [4.78, 5) is 39.7. The number of carbonyl (C=O) groups excluding carboxylic acids is 2. The van der Waals surface area contributed by atoms with Gasteiger partial charge < -0.3 is 28.5 Å². The van der Waals surface area contributed by atoms with Crippen molar-refractivity contribution in [3.8, 4) is 0 Å². The van der Waals surface area contributed by atoms with Gasteiger partial charge in [0.1, 0.15) is 19.3 Å². The van der Waals surface area contributed by atoms with Gasteiger partial charge in [-0.25, -0.2) is 0 Å². The van der Waals surface area contributed by atoms with Crippen molar-refractivity contribution in [2.75, 3.05) is 40.9 Å². The number of allylic oxidation sites excluding steroid dienone is 9. The number of rotatable bonds is 48. The van der Waals surface area contributed by atoms with E-state index < -0.39 is 26.6 Å². The van der Waals surface area contributed by atoms with E-state index in [4.69, 9.17) is 13.8 Å². The Morgan fingerprint density at radius 1 is 0.530 bits per heavy atom. The Hall–Kier alpha value is -2.29. The first kappa shape index (κ1) is 63.7. The summed E-state index contributed by atoms with van der Waals surface area (Å²) < 4.78 is 30.1. The summed E-state index contributed by atoms with van der Waals surface area (Å²) in [6, 6.07) is -0.902. The quantitative estimate of drug-likeness (QED) is 0.0212. The minimum atomic E-state index is -4.70. The summed E-state index contributed by atoms with van der Waals surface area (Å²) in [5, 5.41) is 3.00. The second-order valence-electron chi connectivity index (χ2n) is 19.4. The predicted molar refractivity (Wildman–Crippen MR) is 279 cm³/mol. The monoisotopic (exact) mass is 947 g/mol. The van der Waals surface area contributed by atoms with Crippen LogP contribution in [-0.2, 0) is 27.9 Å². The first-order chi connectivity index (χ1) is 31.9. The van der Waals surface area contributed by atoms with Crippen LogP contribution < -0.4 is 10.2 Å². The third-order valence-corrected chi connectivity index (χ3v) is 12.6. The molecular weight excluding hydrogens is 844 g/mol. The van der Waals surface area contributed by atoms with Gasteiger partial charge in [-0.2, -0.15) is 0 Å². The van der Waals surface area contributed by atoms with Gasteiger partial charge in [0, 0.05) is 12.8 Å². The molecular formula is C56H103N2O7P. The minimum absolute atomic E-state index is 0.0297. The van der Waals surface area contributed by atoms with E-state index in [2.05, 4.69) is 74.7 Å². The molecule has 0 aromatic rings.